The van der Waals surface area contributed by atoms with E-state index in [1.807, 2.05) is 0 Å². The van der Waals surface area contributed by atoms with Crippen molar-refractivity contribution < 1.29 is 31.5 Å². The number of methoxy groups -OCH3 is 1. The standard InChI is InChI=1S/C16H13F2NO5S/c1-24-16(21)11-3-2-4-13(7-11)25(22,23)19-15(20)8-10-5-6-12(17)9-14(10)18/h2-7,9H,8H2,1H3,(H,19,20). The Morgan fingerprint density at radius 2 is 1.84 bits per heavy atom. The van der Waals surface area contributed by atoms with Gasteiger partial charge in [-0.05, 0) is 29.8 Å². The molecule has 0 heterocycles. The fourth-order valence-electron chi connectivity index (χ4n) is 1.99. The summed E-state index contributed by atoms with van der Waals surface area (Å²) in [5.74, 6) is -3.51. The lowest BCUT2D eigenvalue weighted by Crippen LogP contribution is -2.32. The van der Waals surface area contributed by atoms with Gasteiger partial charge in [0, 0.05) is 6.07 Å². The van der Waals surface area contributed by atoms with E-state index in [9.17, 15) is 26.8 Å². The second-order valence-electron chi connectivity index (χ2n) is 4.96. The average molecular weight is 369 g/mol. The third-order valence-electron chi connectivity index (χ3n) is 3.18. The molecule has 0 atom stereocenters. The van der Waals surface area contributed by atoms with E-state index in [0.717, 1.165) is 25.3 Å². The number of ether oxygens (including phenoxy) is 1. The number of hydrogen-bond acceptors (Lipinski definition) is 5. The Hall–Kier alpha value is -2.81. The second-order valence-corrected chi connectivity index (χ2v) is 6.64. The Morgan fingerprint density at radius 3 is 2.48 bits per heavy atom. The van der Waals surface area contributed by atoms with E-state index in [4.69, 9.17) is 0 Å². The number of nitrogens with one attached hydrogen (secondary N) is 1. The van der Waals surface area contributed by atoms with Gasteiger partial charge in [-0.25, -0.2) is 26.7 Å². The van der Waals surface area contributed by atoms with Gasteiger partial charge in [-0.2, -0.15) is 0 Å². The quantitative estimate of drug-likeness (QED) is 0.812. The predicted octanol–water partition coefficient (Wildman–Crippen LogP) is 1.80. The van der Waals surface area contributed by atoms with E-state index in [-0.39, 0.29) is 16.0 Å². The van der Waals surface area contributed by atoms with E-state index in [2.05, 4.69) is 4.74 Å². The van der Waals surface area contributed by atoms with Crippen molar-refractivity contribution in [3.63, 3.8) is 0 Å². The molecule has 2 aromatic rings. The first-order valence-electron chi connectivity index (χ1n) is 6.91. The molecular weight excluding hydrogens is 356 g/mol. The van der Waals surface area contributed by atoms with Crippen molar-refractivity contribution in [3.8, 4) is 0 Å². The van der Waals surface area contributed by atoms with Gasteiger partial charge in [0.05, 0.1) is 24.0 Å². The lowest BCUT2D eigenvalue weighted by Gasteiger charge is -2.08. The molecule has 6 nitrogen and oxygen atoms in total. The molecule has 132 valence electrons. The van der Waals surface area contributed by atoms with Crippen LogP contribution in [-0.2, 0) is 26.0 Å². The molecule has 2 aromatic carbocycles. The van der Waals surface area contributed by atoms with Gasteiger partial charge in [0.25, 0.3) is 10.0 Å². The van der Waals surface area contributed by atoms with E-state index in [1.165, 1.54) is 18.2 Å². The van der Waals surface area contributed by atoms with Crippen LogP contribution in [0.25, 0.3) is 0 Å². The highest BCUT2D eigenvalue weighted by molar-refractivity contribution is 7.90. The average Bonchev–Trinajstić information content (AvgIpc) is 2.56. The lowest BCUT2D eigenvalue weighted by atomic mass is 10.1. The molecule has 0 unspecified atom stereocenters. The summed E-state index contributed by atoms with van der Waals surface area (Å²) in [6.07, 6.45) is -0.595. The van der Waals surface area contributed by atoms with Gasteiger partial charge in [0.2, 0.25) is 5.91 Å². The van der Waals surface area contributed by atoms with Crippen molar-refractivity contribution >= 4 is 21.9 Å². The maximum Gasteiger partial charge on any atom is 0.337 e. The minimum Gasteiger partial charge on any atom is -0.465 e. The van der Waals surface area contributed by atoms with Crippen molar-refractivity contribution in [3.05, 3.63) is 65.2 Å². The summed E-state index contributed by atoms with van der Waals surface area (Å²) in [5, 5.41) is 0. The van der Waals surface area contributed by atoms with Gasteiger partial charge in [0.15, 0.2) is 0 Å². The van der Waals surface area contributed by atoms with Gasteiger partial charge in [-0.15, -0.1) is 0 Å². The van der Waals surface area contributed by atoms with Crippen molar-refractivity contribution in [2.75, 3.05) is 7.11 Å². The molecule has 0 fully saturated rings. The Labute approximate surface area is 142 Å². The van der Waals surface area contributed by atoms with Crippen LogP contribution in [0.15, 0.2) is 47.4 Å². The molecular formula is C16H13F2NO5S. The minimum atomic E-state index is -4.27. The van der Waals surface area contributed by atoms with Crippen LogP contribution in [0.3, 0.4) is 0 Å². The summed E-state index contributed by atoms with van der Waals surface area (Å²) in [6, 6.07) is 7.48. The summed E-state index contributed by atoms with van der Waals surface area (Å²) < 4.78 is 57.0. The van der Waals surface area contributed by atoms with E-state index >= 15 is 0 Å². The van der Waals surface area contributed by atoms with Crippen LogP contribution < -0.4 is 4.72 Å². The van der Waals surface area contributed by atoms with Crippen molar-refractivity contribution in [1.82, 2.24) is 4.72 Å². The van der Waals surface area contributed by atoms with Gasteiger partial charge in [-0.1, -0.05) is 12.1 Å². The summed E-state index contributed by atoms with van der Waals surface area (Å²) in [5.41, 5.74) is -0.167. The molecule has 0 aliphatic carbocycles. The largest absolute Gasteiger partial charge is 0.465 e. The zero-order chi connectivity index (χ0) is 18.6. The van der Waals surface area contributed by atoms with Gasteiger partial charge < -0.3 is 4.74 Å². The predicted molar refractivity (Wildman–Crippen MR) is 83.2 cm³/mol. The van der Waals surface area contributed by atoms with Crippen LogP contribution in [0.2, 0.25) is 0 Å². The number of carbonyl (C=O) groups excluding carboxylic acids is 2. The van der Waals surface area contributed by atoms with Crippen molar-refractivity contribution in [2.45, 2.75) is 11.3 Å². The third-order valence-corrected chi connectivity index (χ3v) is 4.55. The zero-order valence-corrected chi connectivity index (χ0v) is 13.8. The molecule has 0 bridgehead atoms. The number of carbonyl (C=O) groups is 2. The lowest BCUT2D eigenvalue weighted by molar-refractivity contribution is -0.118. The molecule has 0 aliphatic rings. The molecule has 0 spiro atoms. The zero-order valence-electron chi connectivity index (χ0n) is 13.0. The molecule has 1 N–H and O–H groups in total. The van der Waals surface area contributed by atoms with Gasteiger partial charge >= 0.3 is 5.97 Å². The van der Waals surface area contributed by atoms with Crippen LogP contribution in [0.5, 0.6) is 0 Å². The summed E-state index contributed by atoms with van der Waals surface area (Å²) in [6.45, 7) is 0. The second kappa shape index (κ2) is 7.39. The van der Waals surface area contributed by atoms with Crippen LogP contribution in [0.4, 0.5) is 8.78 Å². The monoisotopic (exact) mass is 369 g/mol. The Bertz CT molecular complexity index is 928. The van der Waals surface area contributed by atoms with E-state index in [0.29, 0.717) is 6.07 Å². The Kier molecular flexibility index (Phi) is 5.48. The molecule has 0 aliphatic heterocycles. The normalized spacial score (nSPS) is 11.0. The van der Waals surface area contributed by atoms with Crippen LogP contribution >= 0.6 is 0 Å². The number of halogens is 2. The highest BCUT2D eigenvalue weighted by atomic mass is 32.2. The molecule has 2 rings (SSSR count). The number of amides is 1. The minimum absolute atomic E-state index is 0.0117. The maximum atomic E-state index is 13.5. The maximum absolute atomic E-state index is 13.5. The van der Waals surface area contributed by atoms with Crippen LogP contribution in [0, 0.1) is 11.6 Å². The fraction of sp³-hybridized carbons (Fsp3) is 0.125. The SMILES string of the molecule is COC(=O)c1cccc(S(=O)(=O)NC(=O)Cc2ccc(F)cc2F)c1. The summed E-state index contributed by atoms with van der Waals surface area (Å²) in [4.78, 5) is 23.0. The molecule has 0 saturated heterocycles. The first-order valence-corrected chi connectivity index (χ1v) is 8.39. The molecule has 0 saturated carbocycles. The summed E-state index contributed by atoms with van der Waals surface area (Å²) in [7, 11) is -3.13. The van der Waals surface area contributed by atoms with Crippen LogP contribution in [-0.4, -0.2) is 27.4 Å². The smallest absolute Gasteiger partial charge is 0.337 e. The van der Waals surface area contributed by atoms with Crippen LogP contribution in [0.1, 0.15) is 15.9 Å². The molecule has 9 heteroatoms. The Balaban J connectivity index is 2.18. The Morgan fingerprint density at radius 1 is 1.12 bits per heavy atom. The highest BCUT2D eigenvalue weighted by Crippen LogP contribution is 2.14. The molecule has 0 radical (unpaired) electrons. The van der Waals surface area contributed by atoms with Crippen molar-refractivity contribution in [2.24, 2.45) is 0 Å². The molecule has 1 amide bonds. The number of hydrogen-bond donors (Lipinski definition) is 1. The molecule has 25 heavy (non-hydrogen) atoms. The first kappa shape index (κ1) is 18.5. The topological polar surface area (TPSA) is 89.5 Å². The fourth-order valence-corrected chi connectivity index (χ4v) is 3.02. The number of esters is 1. The van der Waals surface area contributed by atoms with Gasteiger partial charge in [0.1, 0.15) is 11.6 Å². The first-order chi connectivity index (χ1) is 11.7. The third kappa shape index (κ3) is 4.60. The van der Waals surface area contributed by atoms with Gasteiger partial charge in [-0.3, -0.25) is 4.79 Å². The van der Waals surface area contributed by atoms with Crippen molar-refractivity contribution in [1.29, 1.82) is 0 Å². The highest BCUT2D eigenvalue weighted by Gasteiger charge is 2.20. The number of benzene rings is 2. The number of rotatable bonds is 5. The number of sulfonamides is 1. The van der Waals surface area contributed by atoms with E-state index < -0.39 is 40.0 Å². The van der Waals surface area contributed by atoms with E-state index in [1.54, 1.807) is 4.72 Å². The summed E-state index contributed by atoms with van der Waals surface area (Å²) >= 11 is 0. The molecule has 0 aromatic heterocycles.